The van der Waals surface area contributed by atoms with Crippen LogP contribution >= 0.6 is 0 Å². The van der Waals surface area contributed by atoms with Crippen molar-refractivity contribution in [2.24, 2.45) is 5.92 Å². The lowest BCUT2D eigenvalue weighted by molar-refractivity contribution is 0.0148. The molecule has 2 aliphatic rings. The maximum Gasteiger partial charge on any atom is 0.415 e. The van der Waals surface area contributed by atoms with E-state index in [1.54, 1.807) is 11.1 Å². The molecule has 0 bridgehead atoms. The lowest BCUT2D eigenvalue weighted by Gasteiger charge is -2.35. The Balaban J connectivity index is 1.15. The van der Waals surface area contributed by atoms with Gasteiger partial charge in [0.25, 0.3) is 0 Å². The summed E-state index contributed by atoms with van der Waals surface area (Å²) in [6.07, 6.45) is 5.27. The molecular formula is C26H29N5O2. The second-order valence-corrected chi connectivity index (χ2v) is 9.24. The van der Waals surface area contributed by atoms with Crippen molar-refractivity contribution in [3.63, 3.8) is 0 Å². The molecule has 1 aromatic carbocycles. The molecule has 170 valence electrons. The van der Waals surface area contributed by atoms with Gasteiger partial charge < -0.3 is 10.1 Å². The molecule has 2 aromatic heterocycles. The minimum absolute atomic E-state index is 0.249. The number of carbonyl (C=O) groups is 1. The van der Waals surface area contributed by atoms with Gasteiger partial charge in [-0.15, -0.1) is 10.2 Å². The molecule has 1 N–H and O–H groups in total. The molecule has 1 saturated heterocycles. The lowest BCUT2D eigenvalue weighted by Crippen LogP contribution is -2.39. The molecule has 3 heterocycles. The van der Waals surface area contributed by atoms with Gasteiger partial charge in [0.05, 0.1) is 17.9 Å². The highest BCUT2D eigenvalue weighted by Crippen LogP contribution is 2.40. The van der Waals surface area contributed by atoms with Crippen molar-refractivity contribution >= 4 is 17.6 Å². The lowest BCUT2D eigenvalue weighted by atomic mass is 9.78. The first-order valence-electron chi connectivity index (χ1n) is 11.6. The van der Waals surface area contributed by atoms with Crippen molar-refractivity contribution in [1.29, 1.82) is 0 Å². The van der Waals surface area contributed by atoms with Crippen LogP contribution in [0.25, 0.3) is 11.3 Å². The summed E-state index contributed by atoms with van der Waals surface area (Å²) in [6.45, 7) is 5.47. The number of anilines is 2. The number of rotatable bonds is 5. The van der Waals surface area contributed by atoms with Gasteiger partial charge >= 0.3 is 6.09 Å². The Bertz CT molecular complexity index is 1140. The molecule has 1 amide bonds. The average Bonchev–Trinajstić information content (AvgIpc) is 3.15. The van der Waals surface area contributed by atoms with Crippen LogP contribution in [0.4, 0.5) is 16.3 Å². The van der Waals surface area contributed by atoms with Crippen molar-refractivity contribution in [3.05, 3.63) is 66.0 Å². The van der Waals surface area contributed by atoms with Crippen LogP contribution in [0.2, 0.25) is 0 Å². The highest BCUT2D eigenvalue weighted by Gasteiger charge is 2.47. The zero-order chi connectivity index (χ0) is 22.8. The predicted molar refractivity (Wildman–Crippen MR) is 128 cm³/mol. The number of carbonyl (C=O) groups excluding carboxylic acids is 1. The third-order valence-corrected chi connectivity index (χ3v) is 6.84. The molecule has 1 spiro atoms. The normalized spacial score (nSPS) is 22.4. The quantitative estimate of drug-likeness (QED) is 0.587. The van der Waals surface area contributed by atoms with Crippen LogP contribution in [0.15, 0.2) is 54.7 Å². The molecule has 1 aliphatic carbocycles. The summed E-state index contributed by atoms with van der Waals surface area (Å²) >= 11 is 0. The van der Waals surface area contributed by atoms with Gasteiger partial charge in [0.1, 0.15) is 11.4 Å². The summed E-state index contributed by atoms with van der Waals surface area (Å²) in [5.41, 5.74) is 4.56. The van der Waals surface area contributed by atoms with Crippen LogP contribution in [-0.4, -0.2) is 40.0 Å². The van der Waals surface area contributed by atoms with E-state index < -0.39 is 0 Å². The molecule has 1 aliphatic heterocycles. The zero-order valence-corrected chi connectivity index (χ0v) is 19.1. The molecule has 7 nitrogen and oxygen atoms in total. The monoisotopic (exact) mass is 443 g/mol. The van der Waals surface area contributed by atoms with Crippen molar-refractivity contribution in [3.8, 4) is 11.3 Å². The number of aryl methyl sites for hydroxylation is 2. The van der Waals surface area contributed by atoms with Crippen LogP contribution in [0.3, 0.4) is 0 Å². The fraction of sp³-hybridized carbons (Fsp3) is 0.385. The number of nitrogens with one attached hydrogen (secondary N) is 1. The first-order chi connectivity index (χ1) is 16.0. The fourth-order valence-electron chi connectivity index (χ4n) is 4.87. The van der Waals surface area contributed by atoms with Gasteiger partial charge in [0, 0.05) is 24.0 Å². The van der Waals surface area contributed by atoms with Crippen molar-refractivity contribution in [1.82, 2.24) is 15.2 Å². The van der Waals surface area contributed by atoms with Crippen molar-refractivity contribution in [2.75, 3.05) is 23.3 Å². The second-order valence-electron chi connectivity index (χ2n) is 9.24. The molecule has 5 rings (SSSR count). The van der Waals surface area contributed by atoms with Crippen LogP contribution in [-0.2, 0) is 4.74 Å². The van der Waals surface area contributed by atoms with Gasteiger partial charge in [0.2, 0.25) is 0 Å². The number of hydrogen-bond acceptors (Lipinski definition) is 6. The molecule has 0 radical (unpaired) electrons. The maximum absolute atomic E-state index is 12.6. The molecule has 3 aromatic rings. The van der Waals surface area contributed by atoms with E-state index in [4.69, 9.17) is 4.74 Å². The Morgan fingerprint density at radius 3 is 2.64 bits per heavy atom. The smallest absolute Gasteiger partial charge is 0.415 e. The molecule has 2 fully saturated rings. The van der Waals surface area contributed by atoms with Crippen LogP contribution in [0, 0.1) is 19.8 Å². The number of benzene rings is 1. The summed E-state index contributed by atoms with van der Waals surface area (Å²) in [5.74, 6) is 1.31. The fourth-order valence-corrected chi connectivity index (χ4v) is 4.87. The van der Waals surface area contributed by atoms with Crippen LogP contribution in [0.5, 0.6) is 0 Å². The topological polar surface area (TPSA) is 80.2 Å². The first kappa shape index (κ1) is 21.4. The second kappa shape index (κ2) is 8.81. The van der Waals surface area contributed by atoms with Crippen molar-refractivity contribution < 1.29 is 9.53 Å². The molecule has 7 heteroatoms. The number of hydrogen-bond donors (Lipinski definition) is 1. The molecule has 33 heavy (non-hydrogen) atoms. The van der Waals surface area contributed by atoms with E-state index in [2.05, 4.69) is 39.6 Å². The van der Waals surface area contributed by atoms with E-state index >= 15 is 0 Å². The Morgan fingerprint density at radius 2 is 1.91 bits per heavy atom. The molecule has 1 saturated carbocycles. The summed E-state index contributed by atoms with van der Waals surface area (Å²) in [4.78, 5) is 18.5. The summed E-state index contributed by atoms with van der Waals surface area (Å²) in [6, 6.07) is 16.0. The molecular weight excluding hydrogens is 414 g/mol. The Morgan fingerprint density at radius 1 is 1.09 bits per heavy atom. The number of pyridine rings is 1. The molecule has 0 atom stereocenters. The average molecular weight is 444 g/mol. The Kier molecular flexibility index (Phi) is 5.70. The summed E-state index contributed by atoms with van der Waals surface area (Å²) in [5, 5.41) is 12.2. The van der Waals surface area contributed by atoms with Gasteiger partial charge in [0.15, 0.2) is 0 Å². The number of amides is 1. The van der Waals surface area contributed by atoms with E-state index in [1.807, 2.05) is 43.3 Å². The Hall–Kier alpha value is -3.48. The van der Waals surface area contributed by atoms with Gasteiger partial charge in [-0.1, -0.05) is 24.3 Å². The summed E-state index contributed by atoms with van der Waals surface area (Å²) in [7, 11) is 0. The third kappa shape index (κ3) is 4.53. The third-order valence-electron chi connectivity index (χ3n) is 6.84. The van der Waals surface area contributed by atoms with E-state index in [0.717, 1.165) is 60.7 Å². The summed E-state index contributed by atoms with van der Waals surface area (Å²) < 4.78 is 5.90. The van der Waals surface area contributed by atoms with Crippen molar-refractivity contribution in [2.45, 2.75) is 45.1 Å². The van der Waals surface area contributed by atoms with Gasteiger partial charge in [-0.3, -0.25) is 9.88 Å². The predicted octanol–water partition coefficient (Wildman–Crippen LogP) is 5.15. The SMILES string of the molecule is Cc1cc(N2C[C@]3(CC[C@@H](CNc4ccc(-c5ccccc5C)nn4)CC3)OC2=O)ccn1. The minimum atomic E-state index is -0.375. The van der Waals surface area contributed by atoms with Gasteiger partial charge in [-0.05, 0) is 75.3 Å². The largest absolute Gasteiger partial charge is 0.441 e. The van der Waals surface area contributed by atoms with E-state index in [-0.39, 0.29) is 11.7 Å². The van der Waals surface area contributed by atoms with Gasteiger partial charge in [-0.25, -0.2) is 4.79 Å². The van der Waals surface area contributed by atoms with Gasteiger partial charge in [-0.2, -0.15) is 0 Å². The van der Waals surface area contributed by atoms with E-state index in [9.17, 15) is 4.79 Å². The zero-order valence-electron chi connectivity index (χ0n) is 19.1. The highest BCUT2D eigenvalue weighted by atomic mass is 16.6. The number of nitrogens with zero attached hydrogens (tertiary/aromatic N) is 4. The van der Waals surface area contributed by atoms with Crippen LogP contribution < -0.4 is 10.2 Å². The number of aromatic nitrogens is 3. The first-order valence-corrected chi connectivity index (χ1v) is 11.6. The van der Waals surface area contributed by atoms with E-state index in [1.165, 1.54) is 5.56 Å². The minimum Gasteiger partial charge on any atom is -0.441 e. The van der Waals surface area contributed by atoms with Crippen LogP contribution in [0.1, 0.15) is 36.9 Å². The van der Waals surface area contributed by atoms with E-state index in [0.29, 0.717) is 12.5 Å². The molecule has 0 unspecified atom stereocenters. The maximum atomic E-state index is 12.6. The Labute approximate surface area is 194 Å². The standard InChI is InChI=1S/C26H29N5O2/c1-18-5-3-4-6-22(18)23-7-8-24(30-29-23)28-16-20-9-12-26(13-10-20)17-31(25(32)33-26)21-11-14-27-19(2)15-21/h3-8,11,14-15,20H,9-10,12-13,16-17H2,1-2H3,(H,28,30)/t20-,26-. The number of ether oxygens (including phenoxy) is 1. The highest BCUT2D eigenvalue weighted by molar-refractivity contribution is 5.90.